The normalized spacial score (nSPS) is 13.6. The molecule has 0 N–H and O–H groups in total. The second-order valence-electron chi connectivity index (χ2n) is 11.3. The van der Waals surface area contributed by atoms with Crippen LogP contribution in [0.1, 0.15) is 31.8 Å². The molecule has 49 heavy (non-hydrogen) atoms. The SMILES string of the molecule is F[P-](F)(F)(F)(F)F.O=C(c1ccccc1)c1ccc2sc3ccc(-[s+]4c5ccccc5c5cc(C(=O)c6ccccc6)ccc54)cc3c2c1. The Balaban J connectivity index is 0.000000491. The van der Waals surface area contributed by atoms with Gasteiger partial charge < -0.3 is 0 Å². The zero-order chi connectivity index (χ0) is 34.6. The summed E-state index contributed by atoms with van der Waals surface area (Å²) in [5, 5.41) is 4.59. The smallest absolute Gasteiger partial charge is 0.193 e. The maximum atomic E-state index is 13.3. The van der Waals surface area contributed by atoms with E-state index in [-0.39, 0.29) is 22.0 Å². The largest absolute Gasteiger partial charge is 0.289 e. The Morgan fingerprint density at radius 3 is 1.49 bits per heavy atom. The van der Waals surface area contributed by atoms with E-state index in [9.17, 15) is 34.8 Å². The molecule has 0 saturated carbocycles. The number of carbonyl (C=O) groups is 2. The van der Waals surface area contributed by atoms with Gasteiger partial charge in [0, 0.05) is 69.7 Å². The number of ketones is 2. The van der Waals surface area contributed by atoms with Crippen molar-refractivity contribution in [3.8, 4) is 4.90 Å². The van der Waals surface area contributed by atoms with E-state index < -0.39 is 7.81 Å². The fraction of sp³-hybridized carbons (Fsp3) is 0. The number of hydrogen-bond acceptors (Lipinski definition) is 3. The Labute approximate surface area is 282 Å². The maximum absolute atomic E-state index is 13.3. The van der Waals surface area contributed by atoms with Crippen molar-refractivity contribution in [2.75, 3.05) is 0 Å². The first-order valence-electron chi connectivity index (χ1n) is 14.8. The van der Waals surface area contributed by atoms with E-state index in [0.717, 1.165) is 10.8 Å². The van der Waals surface area contributed by atoms with Crippen molar-refractivity contribution in [3.05, 3.63) is 162 Å². The van der Waals surface area contributed by atoms with Crippen LogP contribution in [0.3, 0.4) is 0 Å². The number of halogens is 6. The molecule has 8 aromatic rings. The molecule has 2 heterocycles. The zero-order valence-corrected chi connectivity index (χ0v) is 27.7. The van der Waals surface area contributed by atoms with Crippen molar-refractivity contribution < 1.29 is 34.8 Å². The van der Waals surface area contributed by atoms with E-state index in [4.69, 9.17) is 0 Å². The van der Waals surface area contributed by atoms with E-state index in [0.29, 0.717) is 22.3 Å². The van der Waals surface area contributed by atoms with Crippen LogP contribution in [0.15, 0.2) is 140 Å². The molecule has 0 aliphatic rings. The number of hydrogen-bond donors (Lipinski definition) is 0. The second-order valence-corrected chi connectivity index (χ2v) is 16.3. The molecular weight excluding hydrogens is 698 g/mol. The van der Waals surface area contributed by atoms with E-state index in [2.05, 4.69) is 66.7 Å². The van der Waals surface area contributed by atoms with Crippen molar-refractivity contribution in [1.82, 2.24) is 0 Å². The third-order valence-electron chi connectivity index (χ3n) is 7.87. The third kappa shape index (κ3) is 7.13. The summed E-state index contributed by atoms with van der Waals surface area (Å²) in [5.74, 6) is 0.0732. The fourth-order valence-electron chi connectivity index (χ4n) is 5.84. The van der Waals surface area contributed by atoms with Crippen molar-refractivity contribution in [3.63, 3.8) is 0 Å². The summed E-state index contributed by atoms with van der Waals surface area (Å²) in [6, 6.07) is 46.5. The topological polar surface area (TPSA) is 34.1 Å². The third-order valence-corrected chi connectivity index (χ3v) is 11.3. The first-order valence-corrected chi connectivity index (χ1v) is 18.9. The Kier molecular flexibility index (Phi) is 7.55. The van der Waals surface area contributed by atoms with E-state index in [1.54, 1.807) is 11.3 Å². The van der Waals surface area contributed by atoms with Gasteiger partial charge in [-0.05, 0) is 60.7 Å². The molecule has 0 fully saturated rings. The minimum atomic E-state index is -10.7. The van der Waals surface area contributed by atoms with Gasteiger partial charge >= 0.3 is 33.0 Å². The predicted octanol–water partition coefficient (Wildman–Crippen LogP) is 13.9. The van der Waals surface area contributed by atoms with E-state index in [1.165, 1.54) is 34.5 Å². The summed E-state index contributed by atoms with van der Waals surface area (Å²) in [6.45, 7) is 0. The molecule has 1 atom stereocenters. The molecule has 0 radical (unpaired) electrons. The van der Waals surface area contributed by atoms with E-state index in [1.807, 2.05) is 72.8 Å². The first kappa shape index (κ1) is 32.6. The molecule has 11 heteroatoms. The predicted molar refractivity (Wildman–Crippen MR) is 191 cm³/mol. The van der Waals surface area contributed by atoms with Crippen LogP contribution in [0, 0.1) is 0 Å². The zero-order valence-electron chi connectivity index (χ0n) is 25.1. The van der Waals surface area contributed by atoms with Crippen LogP contribution >= 0.6 is 29.6 Å². The quantitative estimate of drug-likeness (QED) is 0.0768. The minimum Gasteiger partial charge on any atom is -0.289 e. The summed E-state index contributed by atoms with van der Waals surface area (Å²) in [4.78, 5) is 27.8. The number of benzene rings is 6. The monoisotopic (exact) mass is 720 g/mol. The molecule has 1 unspecified atom stereocenters. The molecule has 2 nitrogen and oxygen atoms in total. The molecule has 0 spiro atoms. The molecule has 0 saturated heterocycles. The summed E-state index contributed by atoms with van der Waals surface area (Å²) < 4.78 is 64.1. The van der Waals surface area contributed by atoms with Crippen molar-refractivity contribution in [2.24, 2.45) is 0 Å². The van der Waals surface area contributed by atoms with Crippen LogP contribution < -0.4 is 0 Å². The van der Waals surface area contributed by atoms with Gasteiger partial charge in [-0.1, -0.05) is 72.8 Å². The van der Waals surface area contributed by atoms with Gasteiger partial charge in [-0.2, -0.15) is 0 Å². The van der Waals surface area contributed by atoms with Crippen LogP contribution in [0.4, 0.5) is 25.2 Å². The Bertz CT molecular complexity index is 2570. The van der Waals surface area contributed by atoms with Crippen molar-refractivity contribution in [1.29, 1.82) is 0 Å². The minimum absolute atomic E-state index is 0.0365. The van der Waals surface area contributed by atoms with Gasteiger partial charge in [0.25, 0.3) is 0 Å². The Morgan fingerprint density at radius 1 is 0.449 bits per heavy atom. The average Bonchev–Trinajstić information content (AvgIpc) is 3.61. The van der Waals surface area contributed by atoms with Crippen LogP contribution in [0.5, 0.6) is 0 Å². The molecule has 0 aliphatic heterocycles. The average molecular weight is 721 g/mol. The van der Waals surface area contributed by atoms with E-state index >= 15 is 0 Å². The molecule has 246 valence electrons. The molecule has 0 aliphatic carbocycles. The Morgan fingerprint density at radius 2 is 0.898 bits per heavy atom. The van der Waals surface area contributed by atoms with Gasteiger partial charge in [0.05, 0.1) is 0 Å². The number of carbonyl (C=O) groups excluding carboxylic acids is 2. The molecule has 0 amide bonds. The maximum Gasteiger partial charge on any atom is 0.193 e. The van der Waals surface area contributed by atoms with Gasteiger partial charge in [-0.15, -0.1) is 11.3 Å². The van der Waals surface area contributed by atoms with Crippen LogP contribution in [0.2, 0.25) is 0 Å². The van der Waals surface area contributed by atoms with Crippen LogP contribution in [0.25, 0.3) is 45.2 Å². The standard InChI is InChI=1S/C38H23O2S2.F6P/c39-37(24-9-3-1-4-10-24)26-15-18-33-30(21-26)31-23-28(17-19-34(31)41-33)42-35-14-8-7-13-29(35)32-22-27(16-20-36(32)42)38(40)25-11-5-2-6-12-25;1-7(2,3,4,5)6/h1-23H;/q+1;-1. The number of rotatable bonds is 5. The van der Waals surface area contributed by atoms with Crippen LogP contribution in [-0.4, -0.2) is 11.6 Å². The summed E-state index contributed by atoms with van der Waals surface area (Å²) in [5.41, 5.74) is 2.80. The molecule has 2 aromatic heterocycles. The molecule has 0 bridgehead atoms. The molecule has 8 rings (SSSR count). The van der Waals surface area contributed by atoms with Gasteiger partial charge in [0.15, 0.2) is 25.9 Å². The number of thiophene rings is 2. The van der Waals surface area contributed by atoms with Gasteiger partial charge in [-0.25, -0.2) is 0 Å². The molecular formula is C38H23F6O2PS2. The van der Waals surface area contributed by atoms with Crippen molar-refractivity contribution in [2.45, 2.75) is 0 Å². The fourth-order valence-corrected chi connectivity index (χ4v) is 9.29. The van der Waals surface area contributed by atoms with Gasteiger partial charge in [0.1, 0.15) is 0 Å². The summed E-state index contributed by atoms with van der Waals surface area (Å²) >= 11 is 1.76. The Hall–Kier alpha value is -4.89. The first-order chi connectivity index (χ1) is 23.1. The van der Waals surface area contributed by atoms with Crippen molar-refractivity contribution >= 4 is 81.5 Å². The van der Waals surface area contributed by atoms with Gasteiger partial charge in [0.2, 0.25) is 0 Å². The second kappa shape index (κ2) is 11.3. The molecule has 6 aromatic carbocycles. The van der Waals surface area contributed by atoms with Crippen LogP contribution in [-0.2, 0) is 0 Å². The summed E-state index contributed by atoms with van der Waals surface area (Å²) in [7, 11) is -11.0. The van der Waals surface area contributed by atoms with Gasteiger partial charge in [-0.3, -0.25) is 9.59 Å². The number of fused-ring (bicyclic) bond motifs is 6. The summed E-state index contributed by atoms with van der Waals surface area (Å²) in [6.07, 6.45) is 0.